The first-order chi connectivity index (χ1) is 8.34. The van der Waals surface area contributed by atoms with Gasteiger partial charge in [-0.25, -0.2) is 0 Å². The zero-order valence-electron chi connectivity index (χ0n) is 13.5. The molecule has 0 aliphatic carbocycles. The third-order valence-corrected chi connectivity index (χ3v) is 9.20. The number of halogens is 1. The Hall–Kier alpha value is -0.0331. The topological polar surface area (TPSA) is 9.23 Å². The second-order valence-electron chi connectivity index (χ2n) is 7.76. The van der Waals surface area contributed by atoms with Gasteiger partial charge in [-0.1, -0.05) is 47.6 Å². The number of hydrogen-bond donors (Lipinski definition) is 0. The zero-order valence-corrected chi connectivity index (χ0v) is 16.7. The molecule has 0 unspecified atom stereocenters. The fourth-order valence-corrected chi connectivity index (χ4v) is 3.15. The lowest BCUT2D eigenvalue weighted by atomic mass is 9.87. The molecule has 1 rings (SSSR count). The zero-order chi connectivity index (χ0) is 15.1. The number of hydrogen-bond acceptors (Lipinski definition) is 1. The van der Waals surface area contributed by atoms with Crippen molar-refractivity contribution in [2.24, 2.45) is 0 Å². The first kappa shape index (κ1) is 17.0. The third kappa shape index (κ3) is 4.21. The van der Waals surface area contributed by atoms with Crippen LogP contribution in [0.2, 0.25) is 18.1 Å². The molecule has 0 N–H and O–H groups in total. The molecule has 0 aliphatic rings. The van der Waals surface area contributed by atoms with Crippen molar-refractivity contribution in [3.05, 3.63) is 27.3 Å². The summed E-state index contributed by atoms with van der Waals surface area (Å²) in [5, 5.41) is 0.230. The van der Waals surface area contributed by atoms with Crippen molar-refractivity contribution in [2.45, 2.75) is 65.1 Å². The van der Waals surface area contributed by atoms with Crippen LogP contribution in [0.25, 0.3) is 0 Å². The van der Waals surface area contributed by atoms with E-state index in [0.29, 0.717) is 0 Å². The molecule has 0 atom stereocenters. The smallest absolute Gasteiger partial charge is 0.250 e. The van der Waals surface area contributed by atoms with E-state index in [9.17, 15) is 0 Å². The first-order valence-electron chi connectivity index (χ1n) is 6.84. The lowest BCUT2D eigenvalue weighted by Crippen LogP contribution is -2.44. The average molecular weight is 390 g/mol. The Morgan fingerprint density at radius 1 is 1.00 bits per heavy atom. The SMILES string of the molecule is CC(C)(C)c1ccc(I)c(O[Si](C)(C)C(C)(C)C)c1. The molecule has 1 nitrogen and oxygen atoms in total. The number of benzene rings is 1. The molecule has 0 spiro atoms. The predicted molar refractivity (Wildman–Crippen MR) is 95.7 cm³/mol. The minimum Gasteiger partial charge on any atom is -0.543 e. The van der Waals surface area contributed by atoms with Gasteiger partial charge in [-0.15, -0.1) is 0 Å². The van der Waals surface area contributed by atoms with E-state index < -0.39 is 8.32 Å². The Morgan fingerprint density at radius 3 is 1.95 bits per heavy atom. The molecule has 0 fully saturated rings. The van der Waals surface area contributed by atoms with Gasteiger partial charge in [-0.05, 0) is 63.8 Å². The van der Waals surface area contributed by atoms with Gasteiger partial charge in [-0.2, -0.15) is 0 Å². The lowest BCUT2D eigenvalue weighted by Gasteiger charge is -2.37. The largest absolute Gasteiger partial charge is 0.543 e. The Balaban J connectivity index is 3.15. The molecule has 0 aromatic heterocycles. The van der Waals surface area contributed by atoms with Gasteiger partial charge in [0.05, 0.1) is 3.57 Å². The highest BCUT2D eigenvalue weighted by atomic mass is 127. The van der Waals surface area contributed by atoms with Crippen LogP contribution in [0, 0.1) is 3.57 Å². The van der Waals surface area contributed by atoms with Crippen LogP contribution in [0.15, 0.2) is 18.2 Å². The summed E-state index contributed by atoms with van der Waals surface area (Å²) in [5.41, 5.74) is 1.50. The molecule has 1 aromatic carbocycles. The molecule has 0 bridgehead atoms. The van der Waals surface area contributed by atoms with Gasteiger partial charge in [0.25, 0.3) is 8.32 Å². The van der Waals surface area contributed by atoms with Crippen LogP contribution in [0.4, 0.5) is 0 Å². The van der Waals surface area contributed by atoms with Crippen LogP contribution in [-0.4, -0.2) is 8.32 Å². The van der Waals surface area contributed by atoms with E-state index in [1.54, 1.807) is 0 Å². The fourth-order valence-electron chi connectivity index (χ4n) is 1.48. The molecule has 108 valence electrons. The molecular weight excluding hydrogens is 363 g/mol. The van der Waals surface area contributed by atoms with Crippen molar-refractivity contribution in [3.8, 4) is 5.75 Å². The van der Waals surface area contributed by atoms with Crippen molar-refractivity contribution in [1.82, 2.24) is 0 Å². The van der Waals surface area contributed by atoms with E-state index >= 15 is 0 Å². The van der Waals surface area contributed by atoms with Gasteiger partial charge in [0.1, 0.15) is 5.75 Å². The summed E-state index contributed by atoms with van der Waals surface area (Å²) in [6, 6.07) is 6.60. The van der Waals surface area contributed by atoms with Gasteiger partial charge in [-0.3, -0.25) is 0 Å². The molecule has 0 amide bonds. The summed E-state index contributed by atoms with van der Waals surface area (Å²) in [6.45, 7) is 18.2. The summed E-state index contributed by atoms with van der Waals surface area (Å²) in [6.07, 6.45) is 0. The third-order valence-electron chi connectivity index (χ3n) is 3.97. The van der Waals surface area contributed by atoms with E-state index in [1.165, 1.54) is 9.13 Å². The summed E-state index contributed by atoms with van der Waals surface area (Å²) >= 11 is 2.37. The van der Waals surface area contributed by atoms with Crippen LogP contribution in [0.5, 0.6) is 5.75 Å². The van der Waals surface area contributed by atoms with Crippen molar-refractivity contribution < 1.29 is 4.43 Å². The quantitative estimate of drug-likeness (QED) is 0.446. The molecule has 3 heteroatoms. The lowest BCUT2D eigenvalue weighted by molar-refractivity contribution is 0.486. The molecule has 0 aliphatic heterocycles. The average Bonchev–Trinajstić information content (AvgIpc) is 2.17. The van der Waals surface area contributed by atoms with Gasteiger partial charge in [0.2, 0.25) is 0 Å². The Morgan fingerprint density at radius 2 is 1.53 bits per heavy atom. The van der Waals surface area contributed by atoms with Crippen molar-refractivity contribution in [3.63, 3.8) is 0 Å². The summed E-state index contributed by atoms with van der Waals surface area (Å²) < 4.78 is 7.67. The fraction of sp³-hybridized carbons (Fsp3) is 0.625. The summed E-state index contributed by atoms with van der Waals surface area (Å²) in [5.74, 6) is 1.06. The Kier molecular flexibility index (Phi) is 4.83. The molecule has 0 saturated carbocycles. The standard InChI is InChI=1S/C16H27IOSi/c1-15(2,3)12-9-10-13(17)14(11-12)18-19(7,8)16(4,5)6/h9-11H,1-8H3. The Bertz CT molecular complexity index is 453. The van der Waals surface area contributed by atoms with E-state index in [4.69, 9.17) is 4.43 Å². The Labute approximate surface area is 133 Å². The predicted octanol–water partition coefficient (Wildman–Crippen LogP) is 5.97. The highest BCUT2D eigenvalue weighted by Gasteiger charge is 2.39. The van der Waals surface area contributed by atoms with Crippen LogP contribution >= 0.6 is 22.6 Å². The second-order valence-corrected chi connectivity index (χ2v) is 13.6. The maximum absolute atomic E-state index is 6.46. The second kappa shape index (κ2) is 5.39. The van der Waals surface area contributed by atoms with Crippen LogP contribution in [-0.2, 0) is 5.41 Å². The van der Waals surface area contributed by atoms with Crippen LogP contribution < -0.4 is 4.43 Å². The van der Waals surface area contributed by atoms with Crippen molar-refractivity contribution in [2.75, 3.05) is 0 Å². The molecule has 0 heterocycles. The highest BCUT2D eigenvalue weighted by molar-refractivity contribution is 14.1. The van der Waals surface area contributed by atoms with E-state index in [-0.39, 0.29) is 10.5 Å². The van der Waals surface area contributed by atoms with Gasteiger partial charge >= 0.3 is 0 Å². The summed E-state index contributed by atoms with van der Waals surface area (Å²) in [4.78, 5) is 0. The molecule has 1 aromatic rings. The normalized spacial score (nSPS) is 13.5. The highest BCUT2D eigenvalue weighted by Crippen LogP contribution is 2.39. The maximum atomic E-state index is 6.46. The van der Waals surface area contributed by atoms with E-state index in [0.717, 1.165) is 5.75 Å². The van der Waals surface area contributed by atoms with Crippen molar-refractivity contribution >= 4 is 30.9 Å². The maximum Gasteiger partial charge on any atom is 0.250 e. The minimum absolute atomic E-state index is 0.163. The van der Waals surface area contributed by atoms with Crippen LogP contribution in [0.3, 0.4) is 0 Å². The minimum atomic E-state index is -1.76. The summed E-state index contributed by atoms with van der Waals surface area (Å²) in [7, 11) is -1.76. The van der Waals surface area contributed by atoms with Gasteiger partial charge < -0.3 is 4.43 Å². The van der Waals surface area contributed by atoms with Crippen molar-refractivity contribution in [1.29, 1.82) is 0 Å². The molecule has 0 saturated heterocycles. The number of rotatable bonds is 2. The monoisotopic (exact) mass is 390 g/mol. The molecule has 0 radical (unpaired) electrons. The molecular formula is C16H27IOSi. The van der Waals surface area contributed by atoms with Gasteiger partial charge in [0, 0.05) is 0 Å². The molecule has 19 heavy (non-hydrogen) atoms. The van der Waals surface area contributed by atoms with E-state index in [2.05, 4.69) is 95.4 Å². The van der Waals surface area contributed by atoms with Gasteiger partial charge in [0.15, 0.2) is 0 Å². The first-order valence-corrected chi connectivity index (χ1v) is 10.8. The van der Waals surface area contributed by atoms with E-state index in [1.807, 2.05) is 0 Å². The van der Waals surface area contributed by atoms with Crippen LogP contribution in [0.1, 0.15) is 47.1 Å².